The number of thiazole rings is 1. The van der Waals surface area contributed by atoms with Crippen molar-refractivity contribution in [1.29, 1.82) is 0 Å². The summed E-state index contributed by atoms with van der Waals surface area (Å²) in [5.74, 6) is -1.47. The molecule has 1 aliphatic rings. The van der Waals surface area contributed by atoms with Crippen LogP contribution in [0.5, 0.6) is 0 Å². The average molecular weight is 326 g/mol. The predicted molar refractivity (Wildman–Crippen MR) is 81.7 cm³/mol. The molecule has 1 aromatic heterocycles. The van der Waals surface area contributed by atoms with Crippen LogP contribution < -0.4 is 5.73 Å². The number of nitrogen functional groups attached to an aromatic ring is 1. The van der Waals surface area contributed by atoms with Crippen molar-refractivity contribution in [2.24, 2.45) is 5.16 Å². The summed E-state index contributed by atoms with van der Waals surface area (Å²) in [6.07, 6.45) is 4.20. The molecule has 0 aliphatic carbocycles. The van der Waals surface area contributed by atoms with Gasteiger partial charge in [-0.3, -0.25) is 4.79 Å². The van der Waals surface area contributed by atoms with E-state index in [1.165, 1.54) is 5.38 Å². The van der Waals surface area contributed by atoms with Gasteiger partial charge >= 0.3 is 5.97 Å². The Morgan fingerprint density at radius 1 is 1.36 bits per heavy atom. The number of hydrogen-bond donors (Lipinski definition) is 2. The molecule has 8 nitrogen and oxygen atoms in total. The first kappa shape index (κ1) is 16.2. The molecule has 2 rings (SSSR count). The van der Waals surface area contributed by atoms with Crippen molar-refractivity contribution in [2.45, 2.75) is 25.7 Å². The van der Waals surface area contributed by atoms with Crippen LogP contribution in [0, 0.1) is 0 Å². The van der Waals surface area contributed by atoms with Gasteiger partial charge in [-0.15, -0.1) is 11.3 Å². The van der Waals surface area contributed by atoms with Crippen LogP contribution in [0.15, 0.2) is 10.5 Å². The Kier molecular flexibility index (Phi) is 5.70. The highest BCUT2D eigenvalue weighted by Gasteiger charge is 2.19. The SMILES string of the molecule is Nc1nc(/C(=N/OCC(=O)N2CCCCCC2)C(=O)O)cs1. The number of nitrogens with two attached hydrogens (primary N) is 1. The van der Waals surface area contributed by atoms with Gasteiger partial charge in [-0.25, -0.2) is 9.78 Å². The minimum absolute atomic E-state index is 0.122. The van der Waals surface area contributed by atoms with Gasteiger partial charge in [-0.05, 0) is 12.8 Å². The zero-order chi connectivity index (χ0) is 15.9. The minimum Gasteiger partial charge on any atom is -0.476 e. The normalized spacial score (nSPS) is 16.2. The van der Waals surface area contributed by atoms with Crippen molar-refractivity contribution in [3.63, 3.8) is 0 Å². The molecule has 3 N–H and O–H groups in total. The first-order chi connectivity index (χ1) is 10.6. The number of nitrogens with zero attached hydrogens (tertiary/aromatic N) is 3. The lowest BCUT2D eigenvalue weighted by Crippen LogP contribution is -2.34. The monoisotopic (exact) mass is 326 g/mol. The van der Waals surface area contributed by atoms with Gasteiger partial charge in [-0.2, -0.15) is 0 Å². The van der Waals surface area contributed by atoms with E-state index in [1.54, 1.807) is 4.90 Å². The van der Waals surface area contributed by atoms with Crippen LogP contribution in [-0.4, -0.2) is 52.3 Å². The van der Waals surface area contributed by atoms with Crippen LogP contribution >= 0.6 is 11.3 Å². The first-order valence-electron chi connectivity index (χ1n) is 7.00. The van der Waals surface area contributed by atoms with Crippen LogP contribution in [0.1, 0.15) is 31.4 Å². The Hall–Kier alpha value is -2.16. The molecule has 22 heavy (non-hydrogen) atoms. The van der Waals surface area contributed by atoms with Crippen LogP contribution in [0.2, 0.25) is 0 Å². The summed E-state index contributed by atoms with van der Waals surface area (Å²) in [5.41, 5.74) is 5.22. The maximum Gasteiger partial charge on any atom is 0.360 e. The van der Waals surface area contributed by atoms with E-state index in [0.717, 1.165) is 37.0 Å². The molecule has 2 heterocycles. The molecule has 0 saturated carbocycles. The molecule has 1 fully saturated rings. The third kappa shape index (κ3) is 4.42. The number of anilines is 1. The fraction of sp³-hybridized carbons (Fsp3) is 0.538. The lowest BCUT2D eigenvalue weighted by atomic mass is 10.2. The second kappa shape index (κ2) is 7.74. The summed E-state index contributed by atoms with van der Waals surface area (Å²) in [6.45, 7) is 1.14. The molecule has 1 amide bonds. The molecular weight excluding hydrogens is 308 g/mol. The van der Waals surface area contributed by atoms with Crippen molar-refractivity contribution >= 4 is 34.1 Å². The second-order valence-corrected chi connectivity index (χ2v) is 5.77. The molecule has 1 aliphatic heterocycles. The van der Waals surface area contributed by atoms with Gasteiger partial charge in [0.15, 0.2) is 11.7 Å². The summed E-state index contributed by atoms with van der Waals surface area (Å²) in [7, 11) is 0. The Balaban J connectivity index is 1.93. The van der Waals surface area contributed by atoms with E-state index in [4.69, 9.17) is 15.7 Å². The van der Waals surface area contributed by atoms with E-state index >= 15 is 0 Å². The van der Waals surface area contributed by atoms with Gasteiger partial charge in [0.1, 0.15) is 5.69 Å². The number of carboxylic acid groups (broad SMARTS) is 1. The molecule has 0 aromatic carbocycles. The van der Waals surface area contributed by atoms with Crippen LogP contribution in [-0.2, 0) is 14.4 Å². The molecule has 0 radical (unpaired) electrons. The van der Waals surface area contributed by atoms with E-state index in [9.17, 15) is 9.59 Å². The van der Waals surface area contributed by atoms with E-state index < -0.39 is 5.97 Å². The van der Waals surface area contributed by atoms with Crippen LogP contribution in [0.4, 0.5) is 5.13 Å². The topological polar surface area (TPSA) is 118 Å². The van der Waals surface area contributed by atoms with Gasteiger partial charge in [0, 0.05) is 18.5 Å². The van der Waals surface area contributed by atoms with E-state index in [-0.39, 0.29) is 29.1 Å². The highest BCUT2D eigenvalue weighted by Crippen LogP contribution is 2.13. The molecule has 120 valence electrons. The summed E-state index contributed by atoms with van der Waals surface area (Å²) in [4.78, 5) is 33.6. The van der Waals surface area contributed by atoms with Gasteiger partial charge in [0.25, 0.3) is 5.91 Å². The number of aliphatic carboxylic acids is 1. The third-order valence-electron chi connectivity index (χ3n) is 3.27. The molecule has 1 aromatic rings. The number of oxime groups is 1. The maximum atomic E-state index is 12.0. The number of likely N-dealkylation sites (tertiary alicyclic amines) is 1. The number of aromatic nitrogens is 1. The Morgan fingerprint density at radius 3 is 2.59 bits per heavy atom. The number of rotatable bonds is 5. The molecule has 0 atom stereocenters. The largest absolute Gasteiger partial charge is 0.476 e. The first-order valence-corrected chi connectivity index (χ1v) is 7.88. The third-order valence-corrected chi connectivity index (χ3v) is 3.94. The fourth-order valence-electron chi connectivity index (χ4n) is 2.16. The number of carboxylic acids is 1. The molecule has 0 unspecified atom stereocenters. The predicted octanol–water partition coefficient (Wildman–Crippen LogP) is 0.933. The summed E-state index contributed by atoms with van der Waals surface area (Å²) in [5, 5.41) is 14.3. The van der Waals surface area contributed by atoms with Gasteiger partial charge in [0.05, 0.1) is 0 Å². The smallest absolute Gasteiger partial charge is 0.360 e. The number of carbonyl (C=O) groups is 2. The van der Waals surface area contributed by atoms with Crippen molar-refractivity contribution < 1.29 is 19.5 Å². The summed E-state index contributed by atoms with van der Waals surface area (Å²) < 4.78 is 0. The second-order valence-electron chi connectivity index (χ2n) is 4.88. The summed E-state index contributed by atoms with van der Waals surface area (Å²) in [6, 6.07) is 0. The lowest BCUT2D eigenvalue weighted by molar-refractivity contribution is -0.136. The quantitative estimate of drug-likeness (QED) is 0.614. The molecular formula is C13H18N4O4S. The van der Waals surface area contributed by atoms with Gasteiger partial charge in [0.2, 0.25) is 5.71 Å². The molecule has 0 spiro atoms. The molecule has 1 saturated heterocycles. The maximum absolute atomic E-state index is 12.0. The highest BCUT2D eigenvalue weighted by molar-refractivity contribution is 7.13. The molecule has 9 heteroatoms. The average Bonchev–Trinajstić information content (AvgIpc) is 2.75. The van der Waals surface area contributed by atoms with E-state index in [0.29, 0.717) is 13.1 Å². The number of amides is 1. The van der Waals surface area contributed by atoms with E-state index in [1.807, 2.05) is 0 Å². The van der Waals surface area contributed by atoms with Crippen LogP contribution in [0.3, 0.4) is 0 Å². The van der Waals surface area contributed by atoms with Gasteiger partial charge < -0.3 is 20.6 Å². The molecule has 0 bridgehead atoms. The van der Waals surface area contributed by atoms with Crippen molar-refractivity contribution in [3.8, 4) is 0 Å². The minimum atomic E-state index is -1.28. The van der Waals surface area contributed by atoms with Crippen molar-refractivity contribution in [1.82, 2.24) is 9.88 Å². The highest BCUT2D eigenvalue weighted by atomic mass is 32.1. The van der Waals surface area contributed by atoms with Gasteiger partial charge in [-0.1, -0.05) is 18.0 Å². The van der Waals surface area contributed by atoms with Crippen molar-refractivity contribution in [2.75, 3.05) is 25.4 Å². The Morgan fingerprint density at radius 2 is 2.05 bits per heavy atom. The Bertz CT molecular complexity index is 564. The summed E-state index contributed by atoms with van der Waals surface area (Å²) >= 11 is 1.11. The zero-order valence-corrected chi connectivity index (χ0v) is 12.8. The lowest BCUT2D eigenvalue weighted by Gasteiger charge is -2.19. The number of carbonyl (C=O) groups excluding carboxylic acids is 1. The fourth-order valence-corrected chi connectivity index (χ4v) is 2.70. The zero-order valence-electron chi connectivity index (χ0n) is 12.0. The standard InChI is InChI=1S/C13H18N4O4S/c14-13-15-9(8-22-13)11(12(19)20)16-21-7-10(18)17-5-3-1-2-4-6-17/h8H,1-7H2,(H2,14,15)(H,19,20)/b16-11-. The van der Waals surface area contributed by atoms with Crippen molar-refractivity contribution in [3.05, 3.63) is 11.1 Å². The van der Waals surface area contributed by atoms with Crippen LogP contribution in [0.25, 0.3) is 0 Å². The number of hydrogen-bond acceptors (Lipinski definition) is 7. The Labute approximate surface area is 131 Å². The van der Waals surface area contributed by atoms with E-state index in [2.05, 4.69) is 10.1 Å².